The molecule has 0 radical (unpaired) electrons. The van der Waals surface area contributed by atoms with Gasteiger partial charge in [-0.1, -0.05) is 6.07 Å². The van der Waals surface area contributed by atoms with Gasteiger partial charge in [0.1, 0.15) is 11.4 Å². The van der Waals surface area contributed by atoms with Crippen LogP contribution in [0.25, 0.3) is 0 Å². The SMILES string of the molecule is CCOc1cccc(C(=O)N2CC3(C[C@@H](OC)CCO3)C2)c1. The van der Waals surface area contributed by atoms with E-state index in [0.717, 1.165) is 18.6 Å². The molecule has 0 unspecified atom stereocenters. The molecular weight excluding hydrogens is 282 g/mol. The van der Waals surface area contributed by atoms with Crippen molar-refractivity contribution in [1.82, 2.24) is 4.90 Å². The monoisotopic (exact) mass is 305 g/mol. The number of carbonyl (C=O) groups excluding carboxylic acids is 1. The van der Waals surface area contributed by atoms with E-state index in [-0.39, 0.29) is 17.6 Å². The Labute approximate surface area is 131 Å². The molecule has 1 atom stereocenters. The second-order valence-electron chi connectivity index (χ2n) is 6.00. The molecule has 2 saturated heterocycles. The van der Waals surface area contributed by atoms with Crippen molar-refractivity contribution in [2.75, 3.05) is 33.4 Å². The zero-order chi connectivity index (χ0) is 15.6. The molecule has 1 aromatic rings. The fourth-order valence-corrected chi connectivity index (χ4v) is 3.27. The van der Waals surface area contributed by atoms with E-state index >= 15 is 0 Å². The number of rotatable bonds is 4. The van der Waals surface area contributed by atoms with E-state index in [0.29, 0.717) is 31.9 Å². The minimum Gasteiger partial charge on any atom is -0.494 e. The van der Waals surface area contributed by atoms with E-state index in [4.69, 9.17) is 14.2 Å². The average Bonchev–Trinajstić information content (AvgIpc) is 2.52. The molecule has 2 aliphatic heterocycles. The van der Waals surface area contributed by atoms with Crippen molar-refractivity contribution in [3.8, 4) is 5.75 Å². The summed E-state index contributed by atoms with van der Waals surface area (Å²) in [4.78, 5) is 14.4. The van der Waals surface area contributed by atoms with E-state index in [1.54, 1.807) is 13.2 Å². The lowest BCUT2D eigenvalue weighted by Gasteiger charge is -2.52. The Morgan fingerprint density at radius 1 is 1.45 bits per heavy atom. The van der Waals surface area contributed by atoms with Crippen molar-refractivity contribution < 1.29 is 19.0 Å². The molecule has 2 aliphatic rings. The largest absolute Gasteiger partial charge is 0.494 e. The van der Waals surface area contributed by atoms with E-state index in [9.17, 15) is 4.79 Å². The number of carbonyl (C=O) groups is 1. The minimum absolute atomic E-state index is 0.0373. The Bertz CT molecular complexity index is 539. The number of hydrogen-bond acceptors (Lipinski definition) is 4. The van der Waals surface area contributed by atoms with Gasteiger partial charge in [0.05, 0.1) is 25.8 Å². The van der Waals surface area contributed by atoms with Crippen molar-refractivity contribution in [2.24, 2.45) is 0 Å². The zero-order valence-electron chi connectivity index (χ0n) is 13.2. The molecule has 0 saturated carbocycles. The van der Waals surface area contributed by atoms with Crippen molar-refractivity contribution in [3.63, 3.8) is 0 Å². The van der Waals surface area contributed by atoms with Gasteiger partial charge < -0.3 is 19.1 Å². The molecule has 1 spiro atoms. The van der Waals surface area contributed by atoms with Crippen LogP contribution in [-0.2, 0) is 9.47 Å². The highest BCUT2D eigenvalue weighted by atomic mass is 16.5. The van der Waals surface area contributed by atoms with Crippen LogP contribution in [0.4, 0.5) is 0 Å². The number of methoxy groups -OCH3 is 1. The molecule has 120 valence electrons. The number of nitrogens with zero attached hydrogens (tertiary/aromatic N) is 1. The molecule has 0 bridgehead atoms. The molecule has 5 heteroatoms. The maximum atomic E-state index is 12.5. The van der Waals surface area contributed by atoms with E-state index in [1.165, 1.54) is 0 Å². The van der Waals surface area contributed by atoms with E-state index in [1.807, 2.05) is 30.0 Å². The highest BCUT2D eigenvalue weighted by Gasteiger charge is 2.49. The van der Waals surface area contributed by atoms with Crippen LogP contribution >= 0.6 is 0 Å². The van der Waals surface area contributed by atoms with Crippen LogP contribution in [0.3, 0.4) is 0 Å². The standard InChI is InChI=1S/C17H23NO4/c1-3-21-14-6-4-5-13(9-14)16(19)18-11-17(12-18)10-15(20-2)7-8-22-17/h4-6,9,15H,3,7-8,10-12H2,1-2H3/t15-/m0/s1. The molecule has 0 aliphatic carbocycles. The molecule has 2 heterocycles. The summed E-state index contributed by atoms with van der Waals surface area (Å²) in [7, 11) is 1.74. The average molecular weight is 305 g/mol. The highest BCUT2D eigenvalue weighted by molar-refractivity contribution is 5.95. The molecule has 22 heavy (non-hydrogen) atoms. The molecular formula is C17H23NO4. The van der Waals surface area contributed by atoms with Gasteiger partial charge in [0, 0.05) is 25.7 Å². The maximum Gasteiger partial charge on any atom is 0.254 e. The number of benzene rings is 1. The van der Waals surface area contributed by atoms with Crippen LogP contribution < -0.4 is 4.74 Å². The Hall–Kier alpha value is -1.59. The summed E-state index contributed by atoms with van der Waals surface area (Å²) in [5.41, 5.74) is 0.464. The fourth-order valence-electron chi connectivity index (χ4n) is 3.27. The summed E-state index contributed by atoms with van der Waals surface area (Å²) < 4.78 is 16.8. The molecule has 3 rings (SSSR count). The third kappa shape index (κ3) is 2.96. The number of likely N-dealkylation sites (tertiary alicyclic amines) is 1. The lowest BCUT2D eigenvalue weighted by molar-refractivity contribution is -0.181. The quantitative estimate of drug-likeness (QED) is 0.855. The van der Waals surface area contributed by atoms with Crippen LogP contribution in [0, 0.1) is 0 Å². The topological polar surface area (TPSA) is 48.0 Å². The van der Waals surface area contributed by atoms with Gasteiger partial charge in [0.15, 0.2) is 0 Å². The van der Waals surface area contributed by atoms with Crippen LogP contribution in [0.2, 0.25) is 0 Å². The molecule has 0 N–H and O–H groups in total. The van der Waals surface area contributed by atoms with E-state index < -0.39 is 0 Å². The van der Waals surface area contributed by atoms with Gasteiger partial charge in [-0.05, 0) is 31.5 Å². The third-order valence-electron chi connectivity index (χ3n) is 4.42. The van der Waals surface area contributed by atoms with Crippen molar-refractivity contribution in [1.29, 1.82) is 0 Å². The second-order valence-corrected chi connectivity index (χ2v) is 6.00. The lowest BCUT2D eigenvalue weighted by atomic mass is 9.84. The van der Waals surface area contributed by atoms with Gasteiger partial charge >= 0.3 is 0 Å². The molecule has 2 fully saturated rings. The molecule has 0 aromatic heterocycles. The Kier molecular flexibility index (Phi) is 4.36. The van der Waals surface area contributed by atoms with Gasteiger partial charge in [0.25, 0.3) is 5.91 Å². The number of hydrogen-bond donors (Lipinski definition) is 0. The summed E-state index contributed by atoms with van der Waals surface area (Å²) in [6.45, 7) is 4.52. The van der Waals surface area contributed by atoms with Crippen molar-refractivity contribution >= 4 is 5.91 Å². The van der Waals surface area contributed by atoms with Crippen LogP contribution in [0.1, 0.15) is 30.1 Å². The first-order valence-electron chi connectivity index (χ1n) is 7.85. The number of amides is 1. The highest BCUT2D eigenvalue weighted by Crippen LogP contribution is 2.36. The van der Waals surface area contributed by atoms with E-state index in [2.05, 4.69) is 0 Å². The van der Waals surface area contributed by atoms with Crippen molar-refractivity contribution in [3.05, 3.63) is 29.8 Å². The van der Waals surface area contributed by atoms with Gasteiger partial charge in [-0.25, -0.2) is 0 Å². The zero-order valence-corrected chi connectivity index (χ0v) is 13.2. The van der Waals surface area contributed by atoms with Crippen molar-refractivity contribution in [2.45, 2.75) is 31.5 Å². The summed E-state index contributed by atoms with van der Waals surface area (Å²) in [5, 5.41) is 0. The predicted octanol–water partition coefficient (Wildman–Crippen LogP) is 2.11. The van der Waals surface area contributed by atoms with Crippen LogP contribution in [0.5, 0.6) is 5.75 Å². The Morgan fingerprint density at radius 2 is 2.27 bits per heavy atom. The lowest BCUT2D eigenvalue weighted by Crippen LogP contribution is -2.67. The first-order valence-corrected chi connectivity index (χ1v) is 7.85. The third-order valence-corrected chi connectivity index (χ3v) is 4.42. The fraction of sp³-hybridized carbons (Fsp3) is 0.588. The summed E-state index contributed by atoms with van der Waals surface area (Å²) in [6, 6.07) is 7.35. The van der Waals surface area contributed by atoms with Gasteiger partial charge in [-0.2, -0.15) is 0 Å². The normalized spacial score (nSPS) is 23.2. The molecule has 5 nitrogen and oxygen atoms in total. The first-order chi connectivity index (χ1) is 10.7. The second kappa shape index (κ2) is 6.26. The summed E-state index contributed by atoms with van der Waals surface area (Å²) in [5.74, 6) is 0.771. The first kappa shape index (κ1) is 15.3. The Balaban J connectivity index is 1.62. The molecule has 1 amide bonds. The predicted molar refractivity (Wildman–Crippen MR) is 82.2 cm³/mol. The van der Waals surface area contributed by atoms with Crippen LogP contribution in [-0.4, -0.2) is 55.9 Å². The maximum absolute atomic E-state index is 12.5. The Morgan fingerprint density at radius 3 is 3.00 bits per heavy atom. The summed E-state index contributed by atoms with van der Waals surface area (Å²) >= 11 is 0. The summed E-state index contributed by atoms with van der Waals surface area (Å²) in [6.07, 6.45) is 2.04. The van der Waals surface area contributed by atoms with Gasteiger partial charge in [-0.3, -0.25) is 4.79 Å². The van der Waals surface area contributed by atoms with Gasteiger partial charge in [0.2, 0.25) is 0 Å². The minimum atomic E-state index is -0.202. The number of ether oxygens (including phenoxy) is 3. The molecule has 1 aromatic carbocycles. The van der Waals surface area contributed by atoms with Gasteiger partial charge in [-0.15, -0.1) is 0 Å². The smallest absolute Gasteiger partial charge is 0.254 e. The van der Waals surface area contributed by atoms with Crippen LogP contribution in [0.15, 0.2) is 24.3 Å².